The molecule has 5 heteroatoms. The third-order valence-corrected chi connectivity index (χ3v) is 6.16. The summed E-state index contributed by atoms with van der Waals surface area (Å²) in [4.78, 5) is 3.99. The number of likely N-dealkylation sites (N-methyl/N-ethyl adjacent to an activating group) is 1. The molecule has 2 rings (SSSR count). The average Bonchev–Trinajstić information content (AvgIpc) is 2.85. The Kier molecular flexibility index (Phi) is 6.05. The van der Waals surface area contributed by atoms with Crippen molar-refractivity contribution in [2.24, 2.45) is 0 Å². The fourth-order valence-corrected chi connectivity index (χ4v) is 4.40. The van der Waals surface area contributed by atoms with Crippen LogP contribution in [0.4, 0.5) is 0 Å². The van der Waals surface area contributed by atoms with Crippen molar-refractivity contribution in [2.75, 3.05) is 32.8 Å². The number of rotatable bonds is 6. The lowest BCUT2D eigenvalue weighted by Crippen LogP contribution is -2.61. The minimum absolute atomic E-state index is 0.128. The molecule has 0 spiro atoms. The molecule has 0 saturated carbocycles. The van der Waals surface area contributed by atoms with Crippen molar-refractivity contribution in [3.8, 4) is 0 Å². The molecule has 1 aromatic rings. The highest BCUT2D eigenvalue weighted by atomic mass is 79.9. The van der Waals surface area contributed by atoms with Crippen LogP contribution >= 0.6 is 27.3 Å². The maximum atomic E-state index is 5.49. The number of morpholine rings is 1. The molecule has 114 valence electrons. The van der Waals surface area contributed by atoms with Gasteiger partial charge >= 0.3 is 0 Å². The zero-order valence-corrected chi connectivity index (χ0v) is 15.0. The lowest BCUT2D eigenvalue weighted by molar-refractivity contribution is -0.0230. The highest BCUT2D eigenvalue weighted by molar-refractivity contribution is 9.10. The van der Waals surface area contributed by atoms with Crippen LogP contribution in [0.3, 0.4) is 0 Å². The molecule has 1 atom stereocenters. The van der Waals surface area contributed by atoms with Crippen LogP contribution in [0.5, 0.6) is 0 Å². The lowest BCUT2D eigenvalue weighted by atomic mass is 9.89. The Morgan fingerprint density at radius 2 is 2.15 bits per heavy atom. The van der Waals surface area contributed by atoms with Crippen molar-refractivity contribution in [2.45, 2.75) is 38.8 Å². The Morgan fingerprint density at radius 3 is 2.70 bits per heavy atom. The van der Waals surface area contributed by atoms with E-state index in [-0.39, 0.29) is 5.54 Å². The van der Waals surface area contributed by atoms with Crippen LogP contribution in [-0.4, -0.2) is 49.3 Å². The number of hydrogen-bond acceptors (Lipinski definition) is 4. The van der Waals surface area contributed by atoms with Crippen LogP contribution in [0.2, 0.25) is 0 Å². The summed E-state index contributed by atoms with van der Waals surface area (Å²) in [6, 6.07) is 2.59. The molecule has 1 saturated heterocycles. The van der Waals surface area contributed by atoms with Crippen LogP contribution in [-0.2, 0) is 11.2 Å². The van der Waals surface area contributed by atoms with Crippen LogP contribution in [0.1, 0.15) is 25.6 Å². The molecule has 1 aliphatic rings. The molecule has 1 aromatic heterocycles. The number of thiophene rings is 1. The van der Waals surface area contributed by atoms with Crippen molar-refractivity contribution < 1.29 is 4.74 Å². The number of nitrogens with one attached hydrogen (secondary N) is 1. The van der Waals surface area contributed by atoms with E-state index in [4.69, 9.17) is 4.74 Å². The molecule has 20 heavy (non-hydrogen) atoms. The zero-order chi connectivity index (χ0) is 14.6. The van der Waals surface area contributed by atoms with Crippen molar-refractivity contribution in [1.29, 1.82) is 0 Å². The molecule has 3 nitrogen and oxygen atoms in total. The molecule has 1 N–H and O–H groups in total. The predicted molar refractivity (Wildman–Crippen MR) is 89.7 cm³/mol. The van der Waals surface area contributed by atoms with E-state index in [0.29, 0.717) is 6.04 Å². The average molecular weight is 361 g/mol. The molecule has 0 bridgehead atoms. The summed E-state index contributed by atoms with van der Waals surface area (Å²) < 4.78 is 6.73. The SMILES string of the molecule is CCNC(Cc1sccc1Br)C(C)(C)N1CCOCC1. The smallest absolute Gasteiger partial charge is 0.0594 e. The van der Waals surface area contributed by atoms with Gasteiger partial charge in [-0.3, -0.25) is 4.90 Å². The van der Waals surface area contributed by atoms with Gasteiger partial charge in [0.2, 0.25) is 0 Å². The van der Waals surface area contributed by atoms with Crippen molar-refractivity contribution in [3.05, 3.63) is 20.8 Å². The largest absolute Gasteiger partial charge is 0.379 e. The molecular weight excluding hydrogens is 336 g/mol. The summed E-state index contributed by atoms with van der Waals surface area (Å²) in [5.41, 5.74) is 0.128. The van der Waals surface area contributed by atoms with Gasteiger partial charge in [-0.25, -0.2) is 0 Å². The first-order chi connectivity index (χ1) is 9.55. The third kappa shape index (κ3) is 3.83. The lowest BCUT2D eigenvalue weighted by Gasteiger charge is -2.46. The summed E-state index contributed by atoms with van der Waals surface area (Å²) >= 11 is 5.49. The highest BCUT2D eigenvalue weighted by Gasteiger charge is 2.36. The minimum atomic E-state index is 0.128. The Morgan fingerprint density at radius 1 is 1.45 bits per heavy atom. The van der Waals surface area contributed by atoms with E-state index in [0.717, 1.165) is 39.3 Å². The fraction of sp³-hybridized carbons (Fsp3) is 0.733. The first kappa shape index (κ1) is 16.4. The summed E-state index contributed by atoms with van der Waals surface area (Å²) in [6.07, 6.45) is 1.07. The van der Waals surface area contributed by atoms with Gasteiger partial charge in [0, 0.05) is 34.0 Å². The maximum Gasteiger partial charge on any atom is 0.0594 e. The van der Waals surface area contributed by atoms with Crippen LogP contribution in [0.15, 0.2) is 15.9 Å². The van der Waals surface area contributed by atoms with Crippen LogP contribution in [0.25, 0.3) is 0 Å². The topological polar surface area (TPSA) is 24.5 Å². The van der Waals surface area contributed by atoms with E-state index in [1.807, 2.05) is 11.3 Å². The third-order valence-electron chi connectivity index (χ3n) is 4.21. The van der Waals surface area contributed by atoms with Gasteiger partial charge in [-0.1, -0.05) is 6.92 Å². The van der Waals surface area contributed by atoms with Gasteiger partial charge in [0.25, 0.3) is 0 Å². The highest BCUT2D eigenvalue weighted by Crippen LogP contribution is 2.29. The minimum Gasteiger partial charge on any atom is -0.379 e. The Balaban J connectivity index is 2.11. The van der Waals surface area contributed by atoms with Gasteiger partial charge in [-0.15, -0.1) is 11.3 Å². The summed E-state index contributed by atoms with van der Waals surface area (Å²) in [6.45, 7) is 11.7. The van der Waals surface area contributed by atoms with Gasteiger partial charge in [-0.05, 0) is 54.2 Å². The molecule has 0 radical (unpaired) electrons. The second-order valence-corrected chi connectivity index (χ2v) is 7.61. The van der Waals surface area contributed by atoms with Crippen LogP contribution < -0.4 is 5.32 Å². The Labute approximate surface area is 134 Å². The van der Waals surface area contributed by atoms with E-state index in [9.17, 15) is 0 Å². The molecule has 1 unspecified atom stereocenters. The maximum absolute atomic E-state index is 5.49. The van der Waals surface area contributed by atoms with Crippen molar-refractivity contribution in [1.82, 2.24) is 10.2 Å². The monoisotopic (exact) mass is 360 g/mol. The van der Waals surface area contributed by atoms with Gasteiger partial charge < -0.3 is 10.1 Å². The number of nitrogens with zero attached hydrogens (tertiary/aromatic N) is 1. The summed E-state index contributed by atoms with van der Waals surface area (Å²) in [5, 5.41) is 5.85. The van der Waals surface area contributed by atoms with Crippen molar-refractivity contribution >= 4 is 27.3 Å². The van der Waals surface area contributed by atoms with E-state index in [1.54, 1.807) is 0 Å². The fourth-order valence-electron chi connectivity index (χ4n) is 2.83. The molecule has 0 aliphatic carbocycles. The van der Waals surface area contributed by atoms with Crippen LogP contribution in [0, 0.1) is 0 Å². The van der Waals surface area contributed by atoms with E-state index >= 15 is 0 Å². The number of hydrogen-bond donors (Lipinski definition) is 1. The van der Waals surface area contributed by atoms with Gasteiger partial charge in [0.1, 0.15) is 0 Å². The molecule has 0 amide bonds. The van der Waals surface area contributed by atoms with Gasteiger partial charge in [0.15, 0.2) is 0 Å². The molecule has 1 fully saturated rings. The normalized spacial score (nSPS) is 19.2. The quantitative estimate of drug-likeness (QED) is 0.843. The number of ether oxygens (including phenoxy) is 1. The summed E-state index contributed by atoms with van der Waals surface area (Å²) in [5.74, 6) is 0. The predicted octanol–water partition coefficient (Wildman–Crippen LogP) is 3.14. The first-order valence-electron chi connectivity index (χ1n) is 7.33. The van der Waals surface area contributed by atoms with Gasteiger partial charge in [-0.2, -0.15) is 0 Å². The molecular formula is C15H25BrN2OS. The Bertz CT molecular complexity index is 416. The number of halogens is 1. The molecule has 2 heterocycles. The van der Waals surface area contributed by atoms with E-state index in [1.165, 1.54) is 9.35 Å². The van der Waals surface area contributed by atoms with Gasteiger partial charge in [0.05, 0.1) is 13.2 Å². The standard InChI is InChI=1S/C15H25BrN2OS/c1-4-17-14(11-13-12(16)5-10-20-13)15(2,3)18-6-8-19-9-7-18/h5,10,14,17H,4,6-9,11H2,1-3H3. The Hall–Kier alpha value is 0.0600. The second-order valence-electron chi connectivity index (χ2n) is 5.76. The molecule has 1 aliphatic heterocycles. The first-order valence-corrected chi connectivity index (χ1v) is 9.01. The van der Waals surface area contributed by atoms with Crippen molar-refractivity contribution in [3.63, 3.8) is 0 Å². The zero-order valence-electron chi connectivity index (χ0n) is 12.6. The molecule has 0 aromatic carbocycles. The summed E-state index contributed by atoms with van der Waals surface area (Å²) in [7, 11) is 0. The van der Waals surface area contributed by atoms with E-state index < -0.39 is 0 Å². The van der Waals surface area contributed by atoms with E-state index in [2.05, 4.69) is 58.4 Å². The second kappa shape index (κ2) is 7.36.